The second kappa shape index (κ2) is 8.56. The molecule has 0 bridgehead atoms. The molecule has 0 unspecified atom stereocenters. The summed E-state index contributed by atoms with van der Waals surface area (Å²) in [5, 5.41) is 0. The van der Waals surface area contributed by atoms with E-state index in [0.29, 0.717) is 12.2 Å². The molecular weight excluding hydrogens is 330 g/mol. The maximum absolute atomic E-state index is 11.4. The topological polar surface area (TPSA) is 54.9 Å². The Hall–Kier alpha value is -2.76. The van der Waals surface area contributed by atoms with Gasteiger partial charge in [0.25, 0.3) is 0 Å². The molecular formula is C20H25N3O3. The summed E-state index contributed by atoms with van der Waals surface area (Å²) in [5.41, 5.74) is 3.32. The van der Waals surface area contributed by atoms with E-state index in [-0.39, 0.29) is 5.97 Å². The molecule has 0 radical (unpaired) electrons. The van der Waals surface area contributed by atoms with E-state index in [2.05, 4.69) is 20.9 Å². The molecule has 1 aromatic heterocycles. The first-order valence-electron chi connectivity index (χ1n) is 9.05. The highest BCUT2D eigenvalue weighted by atomic mass is 17.2. The van der Waals surface area contributed by atoms with Crippen molar-refractivity contribution in [3.05, 3.63) is 48.3 Å². The minimum absolute atomic E-state index is 0.344. The van der Waals surface area contributed by atoms with Crippen molar-refractivity contribution in [3.63, 3.8) is 0 Å². The van der Waals surface area contributed by atoms with Crippen LogP contribution in [0.3, 0.4) is 0 Å². The molecule has 2 aromatic rings. The Kier molecular flexibility index (Phi) is 5.94. The fourth-order valence-electron chi connectivity index (χ4n) is 3.04. The quantitative estimate of drug-likeness (QED) is 0.585. The van der Waals surface area contributed by atoms with Crippen molar-refractivity contribution in [1.82, 2.24) is 4.98 Å². The monoisotopic (exact) mass is 355 g/mol. The summed E-state index contributed by atoms with van der Waals surface area (Å²) in [5.74, 6) is 0.233. The number of rotatable bonds is 6. The number of piperazine rings is 1. The van der Waals surface area contributed by atoms with Crippen molar-refractivity contribution in [1.29, 1.82) is 0 Å². The lowest BCUT2D eigenvalue weighted by atomic mass is 10.1. The summed E-state index contributed by atoms with van der Waals surface area (Å²) in [6, 6.07) is 10.0. The number of anilines is 2. The maximum Gasteiger partial charge on any atom is 0.355 e. The largest absolute Gasteiger partial charge is 0.368 e. The maximum atomic E-state index is 11.4. The van der Waals surface area contributed by atoms with Crippen LogP contribution in [-0.2, 0) is 9.68 Å². The van der Waals surface area contributed by atoms with E-state index in [0.717, 1.165) is 43.9 Å². The van der Waals surface area contributed by atoms with Gasteiger partial charge in [-0.2, -0.15) is 0 Å². The lowest BCUT2D eigenvalue weighted by Crippen LogP contribution is -2.46. The van der Waals surface area contributed by atoms with Crippen molar-refractivity contribution in [3.8, 4) is 5.75 Å². The van der Waals surface area contributed by atoms with Crippen LogP contribution in [0.5, 0.6) is 5.75 Å². The molecule has 1 aliphatic rings. The van der Waals surface area contributed by atoms with Gasteiger partial charge in [-0.3, -0.25) is 14.8 Å². The Labute approximate surface area is 154 Å². The highest BCUT2D eigenvalue weighted by molar-refractivity contribution is 5.68. The molecule has 1 aliphatic heterocycles. The van der Waals surface area contributed by atoms with Crippen LogP contribution >= 0.6 is 0 Å². The molecule has 1 saturated heterocycles. The number of carbonyl (C=O) groups is 1. The zero-order chi connectivity index (χ0) is 18.4. The van der Waals surface area contributed by atoms with Gasteiger partial charge in [0.2, 0.25) is 0 Å². The third-order valence-corrected chi connectivity index (χ3v) is 4.51. The summed E-state index contributed by atoms with van der Waals surface area (Å²) in [6.45, 7) is 7.72. The number of carbonyl (C=O) groups excluding carboxylic acids is 1. The molecule has 3 rings (SSSR count). The van der Waals surface area contributed by atoms with Crippen molar-refractivity contribution in [2.45, 2.75) is 26.7 Å². The van der Waals surface area contributed by atoms with Crippen molar-refractivity contribution < 1.29 is 14.6 Å². The van der Waals surface area contributed by atoms with Gasteiger partial charge in [-0.15, -0.1) is 0 Å². The first-order valence-corrected chi connectivity index (χ1v) is 9.05. The summed E-state index contributed by atoms with van der Waals surface area (Å²) >= 11 is 0. The third kappa shape index (κ3) is 4.45. The van der Waals surface area contributed by atoms with Crippen LogP contribution < -0.4 is 14.7 Å². The molecule has 0 spiro atoms. The van der Waals surface area contributed by atoms with E-state index in [1.165, 1.54) is 5.69 Å². The Morgan fingerprint density at radius 3 is 2.31 bits per heavy atom. The van der Waals surface area contributed by atoms with E-state index in [1.807, 2.05) is 50.5 Å². The summed E-state index contributed by atoms with van der Waals surface area (Å²) < 4.78 is 0. The average Bonchev–Trinajstić information content (AvgIpc) is 2.68. The van der Waals surface area contributed by atoms with E-state index >= 15 is 0 Å². The van der Waals surface area contributed by atoms with Crippen LogP contribution in [-0.4, -0.2) is 37.1 Å². The Morgan fingerprint density at radius 1 is 1.04 bits per heavy atom. The molecule has 1 fully saturated rings. The van der Waals surface area contributed by atoms with Crippen LogP contribution in [0.25, 0.3) is 0 Å². The Morgan fingerprint density at radius 2 is 1.69 bits per heavy atom. The molecule has 26 heavy (non-hydrogen) atoms. The molecule has 0 atom stereocenters. The highest BCUT2D eigenvalue weighted by Crippen LogP contribution is 2.26. The second-order valence-corrected chi connectivity index (χ2v) is 6.42. The summed E-state index contributed by atoms with van der Waals surface area (Å²) in [7, 11) is 0. The summed E-state index contributed by atoms with van der Waals surface area (Å²) in [6.07, 6.45) is 4.76. The number of benzene rings is 1. The van der Waals surface area contributed by atoms with Gasteiger partial charge in [-0.05, 0) is 49.2 Å². The molecule has 0 aliphatic carbocycles. The molecule has 0 saturated carbocycles. The molecule has 0 N–H and O–H groups in total. The first-order chi connectivity index (χ1) is 12.7. The van der Waals surface area contributed by atoms with Gasteiger partial charge in [-0.25, -0.2) is 4.79 Å². The summed E-state index contributed by atoms with van der Waals surface area (Å²) in [4.78, 5) is 30.3. The third-order valence-electron chi connectivity index (χ3n) is 4.51. The Balaban J connectivity index is 1.57. The standard InChI is InChI=1S/C20H25N3O3/c1-3-4-20(24)26-25-19-6-5-18(15-16(19)2)23-13-11-22(12-14-23)17-7-9-21-10-8-17/h5-10,15H,3-4,11-14H2,1-2H3. The molecule has 138 valence electrons. The fraction of sp³-hybridized carbons (Fsp3) is 0.400. The SMILES string of the molecule is CCCC(=O)OOc1ccc(N2CCN(c3ccncc3)CC2)cc1C. The van der Waals surface area contributed by atoms with Gasteiger partial charge in [0.05, 0.1) is 0 Å². The smallest absolute Gasteiger partial charge is 0.355 e. The zero-order valence-electron chi connectivity index (χ0n) is 15.4. The van der Waals surface area contributed by atoms with Crippen LogP contribution in [0.15, 0.2) is 42.7 Å². The van der Waals surface area contributed by atoms with Gasteiger partial charge >= 0.3 is 5.97 Å². The lowest BCUT2D eigenvalue weighted by molar-refractivity contribution is -0.213. The van der Waals surface area contributed by atoms with Gasteiger partial charge in [0.1, 0.15) is 0 Å². The molecule has 2 heterocycles. The van der Waals surface area contributed by atoms with Crippen LogP contribution in [0, 0.1) is 6.92 Å². The van der Waals surface area contributed by atoms with Gasteiger partial charge in [0.15, 0.2) is 5.75 Å². The van der Waals surface area contributed by atoms with Crippen LogP contribution in [0.4, 0.5) is 11.4 Å². The van der Waals surface area contributed by atoms with Crippen molar-refractivity contribution in [2.24, 2.45) is 0 Å². The van der Waals surface area contributed by atoms with Crippen LogP contribution in [0.1, 0.15) is 25.3 Å². The molecule has 1 aromatic carbocycles. The molecule has 0 amide bonds. The fourth-order valence-corrected chi connectivity index (χ4v) is 3.04. The zero-order valence-corrected chi connectivity index (χ0v) is 15.4. The number of aromatic nitrogens is 1. The highest BCUT2D eigenvalue weighted by Gasteiger charge is 2.18. The van der Waals surface area contributed by atoms with E-state index in [9.17, 15) is 4.79 Å². The number of hydrogen-bond acceptors (Lipinski definition) is 6. The first kappa shape index (κ1) is 18.0. The minimum atomic E-state index is -0.344. The minimum Gasteiger partial charge on any atom is -0.368 e. The molecule has 6 nitrogen and oxygen atoms in total. The number of aryl methyl sites for hydroxylation is 1. The van der Waals surface area contributed by atoms with Gasteiger partial charge < -0.3 is 9.80 Å². The van der Waals surface area contributed by atoms with E-state index < -0.39 is 0 Å². The normalized spacial score (nSPS) is 14.2. The number of nitrogens with zero attached hydrogens (tertiary/aromatic N) is 3. The average molecular weight is 355 g/mol. The predicted molar refractivity (Wildman–Crippen MR) is 101 cm³/mol. The van der Waals surface area contributed by atoms with E-state index in [1.54, 1.807) is 0 Å². The van der Waals surface area contributed by atoms with E-state index in [4.69, 9.17) is 9.78 Å². The van der Waals surface area contributed by atoms with Crippen molar-refractivity contribution >= 4 is 17.3 Å². The Bertz CT molecular complexity index is 728. The van der Waals surface area contributed by atoms with Crippen molar-refractivity contribution in [2.75, 3.05) is 36.0 Å². The predicted octanol–water partition coefficient (Wildman–Crippen LogP) is 3.35. The molecule has 6 heteroatoms. The van der Waals surface area contributed by atoms with Gasteiger partial charge in [0, 0.05) is 56.4 Å². The number of hydrogen-bond donors (Lipinski definition) is 0. The number of pyridine rings is 1. The van der Waals surface area contributed by atoms with Crippen LogP contribution in [0.2, 0.25) is 0 Å². The second-order valence-electron chi connectivity index (χ2n) is 6.42. The van der Waals surface area contributed by atoms with Gasteiger partial charge in [-0.1, -0.05) is 6.92 Å². The lowest BCUT2D eigenvalue weighted by Gasteiger charge is -2.37.